The van der Waals surface area contributed by atoms with Crippen molar-refractivity contribution in [2.24, 2.45) is 0 Å². The van der Waals surface area contributed by atoms with E-state index in [1.165, 1.54) is 17.3 Å². The lowest BCUT2D eigenvalue weighted by Crippen LogP contribution is -2.41. The fraction of sp³-hybridized carbons (Fsp3) is 0.450. The van der Waals surface area contributed by atoms with Crippen LogP contribution in [0.15, 0.2) is 35.4 Å². The Morgan fingerprint density at radius 1 is 1.21 bits per heavy atom. The highest BCUT2D eigenvalue weighted by Crippen LogP contribution is 2.21. The lowest BCUT2D eigenvalue weighted by molar-refractivity contribution is -0.133. The molecule has 0 unspecified atom stereocenters. The second kappa shape index (κ2) is 8.32. The van der Waals surface area contributed by atoms with E-state index < -0.39 is 0 Å². The number of halogens is 1. The minimum atomic E-state index is -0.359. The first kappa shape index (κ1) is 19.6. The molecule has 0 spiro atoms. The average molecular weight is 415 g/mol. The molecule has 8 nitrogen and oxygen atoms in total. The molecule has 0 atom stereocenters. The summed E-state index contributed by atoms with van der Waals surface area (Å²) in [6, 6.07) is 7.62. The third kappa shape index (κ3) is 4.17. The van der Waals surface area contributed by atoms with Crippen molar-refractivity contribution in [3.05, 3.63) is 51.5 Å². The Morgan fingerprint density at radius 2 is 1.93 bits per heavy atom. The van der Waals surface area contributed by atoms with Crippen LogP contribution < -0.4 is 5.56 Å². The highest BCUT2D eigenvalue weighted by atomic mass is 35.5. The molecule has 0 radical (unpaired) electrons. The van der Waals surface area contributed by atoms with Crippen LogP contribution in [-0.2, 0) is 17.9 Å². The normalized spacial score (nSPS) is 15.0. The summed E-state index contributed by atoms with van der Waals surface area (Å²) in [6.07, 6.45) is 6.96. The molecular formula is C20H23ClN6O2. The molecule has 1 saturated carbocycles. The van der Waals surface area contributed by atoms with Crippen LogP contribution in [0.2, 0.25) is 5.02 Å². The van der Waals surface area contributed by atoms with Gasteiger partial charge in [-0.2, -0.15) is 0 Å². The molecule has 9 heteroatoms. The van der Waals surface area contributed by atoms with Crippen molar-refractivity contribution in [3.8, 4) is 0 Å². The van der Waals surface area contributed by atoms with Crippen molar-refractivity contribution in [2.75, 3.05) is 7.05 Å². The van der Waals surface area contributed by atoms with E-state index in [2.05, 4.69) is 15.3 Å². The zero-order chi connectivity index (χ0) is 20.4. The van der Waals surface area contributed by atoms with Gasteiger partial charge in [-0.15, -0.1) is 5.10 Å². The van der Waals surface area contributed by atoms with Crippen molar-refractivity contribution in [1.82, 2.24) is 29.4 Å². The van der Waals surface area contributed by atoms with Crippen molar-refractivity contribution >= 4 is 28.7 Å². The molecule has 2 aromatic heterocycles. The summed E-state index contributed by atoms with van der Waals surface area (Å²) in [7, 11) is 1.82. The van der Waals surface area contributed by atoms with Crippen LogP contribution in [0.5, 0.6) is 0 Å². The van der Waals surface area contributed by atoms with E-state index in [1.807, 2.05) is 19.2 Å². The van der Waals surface area contributed by atoms with Crippen molar-refractivity contribution in [1.29, 1.82) is 0 Å². The van der Waals surface area contributed by atoms with Crippen LogP contribution in [0.4, 0.5) is 0 Å². The number of hydrogen-bond donors (Lipinski definition) is 0. The smallest absolute Gasteiger partial charge is 0.283 e. The van der Waals surface area contributed by atoms with Crippen molar-refractivity contribution < 1.29 is 4.79 Å². The van der Waals surface area contributed by atoms with Gasteiger partial charge in [-0.1, -0.05) is 48.2 Å². The molecule has 0 N–H and O–H groups in total. The Balaban J connectivity index is 1.53. The molecule has 3 aromatic rings. The topological polar surface area (TPSA) is 85.9 Å². The molecule has 0 saturated heterocycles. The van der Waals surface area contributed by atoms with Crippen LogP contribution in [0.3, 0.4) is 0 Å². The van der Waals surface area contributed by atoms with E-state index >= 15 is 0 Å². The summed E-state index contributed by atoms with van der Waals surface area (Å²) in [4.78, 5) is 31.6. The first-order valence-electron chi connectivity index (χ1n) is 9.81. The van der Waals surface area contributed by atoms with Crippen LogP contribution in [0.25, 0.3) is 11.2 Å². The summed E-state index contributed by atoms with van der Waals surface area (Å²) in [5, 5.41) is 8.72. The van der Waals surface area contributed by atoms with Gasteiger partial charge in [0, 0.05) is 18.1 Å². The number of rotatable bonds is 5. The monoisotopic (exact) mass is 414 g/mol. The van der Waals surface area contributed by atoms with Gasteiger partial charge in [0.15, 0.2) is 11.2 Å². The third-order valence-corrected chi connectivity index (χ3v) is 5.81. The third-order valence-electron chi connectivity index (χ3n) is 5.56. The zero-order valence-electron chi connectivity index (χ0n) is 16.3. The van der Waals surface area contributed by atoms with Crippen LogP contribution in [-0.4, -0.2) is 48.4 Å². The second-order valence-electron chi connectivity index (χ2n) is 7.52. The minimum Gasteiger partial charge on any atom is -0.341 e. The van der Waals surface area contributed by atoms with Crippen molar-refractivity contribution in [3.63, 3.8) is 0 Å². The van der Waals surface area contributed by atoms with E-state index in [1.54, 1.807) is 21.7 Å². The lowest BCUT2D eigenvalue weighted by atomic mass is 9.94. The number of carbonyl (C=O) groups excluding carboxylic acids is 1. The Labute approximate surface area is 173 Å². The predicted octanol–water partition coefficient (Wildman–Crippen LogP) is 2.48. The molecule has 1 aromatic carbocycles. The van der Waals surface area contributed by atoms with Gasteiger partial charge < -0.3 is 4.90 Å². The van der Waals surface area contributed by atoms with E-state index in [0.717, 1.165) is 31.2 Å². The number of hydrogen-bond acceptors (Lipinski definition) is 5. The van der Waals surface area contributed by atoms with Crippen LogP contribution in [0, 0.1) is 0 Å². The zero-order valence-corrected chi connectivity index (χ0v) is 17.0. The SMILES string of the molecule is CN(C(=O)Cn1cnc2c(nnn2Cc2ccc(Cl)cc2)c1=O)C1CCCCC1. The maximum absolute atomic E-state index is 12.8. The molecule has 1 amide bonds. The largest absolute Gasteiger partial charge is 0.341 e. The lowest BCUT2D eigenvalue weighted by Gasteiger charge is -2.31. The number of nitrogens with zero attached hydrogens (tertiary/aromatic N) is 6. The molecule has 0 aliphatic heterocycles. The van der Waals surface area contributed by atoms with Gasteiger partial charge >= 0.3 is 0 Å². The molecule has 29 heavy (non-hydrogen) atoms. The van der Waals surface area contributed by atoms with Crippen molar-refractivity contribution in [2.45, 2.75) is 51.2 Å². The Kier molecular flexibility index (Phi) is 5.62. The molecule has 1 aliphatic carbocycles. The highest BCUT2D eigenvalue weighted by molar-refractivity contribution is 6.30. The molecule has 4 rings (SSSR count). The minimum absolute atomic E-state index is 0.0428. The number of likely N-dealkylation sites (N-methyl/N-ethyl adjacent to an activating group) is 1. The number of fused-ring (bicyclic) bond motifs is 1. The average Bonchev–Trinajstić information content (AvgIpc) is 3.15. The Bertz CT molecular complexity index is 1070. The van der Waals surface area contributed by atoms with Gasteiger partial charge in [-0.05, 0) is 30.5 Å². The second-order valence-corrected chi connectivity index (χ2v) is 7.96. The summed E-state index contributed by atoms with van der Waals surface area (Å²) in [6.45, 7) is 0.381. The Morgan fingerprint density at radius 3 is 2.66 bits per heavy atom. The standard InChI is InChI=1S/C20H23ClN6O2/c1-25(16-5-3-2-4-6-16)17(28)12-26-13-22-19-18(20(26)29)23-24-27(19)11-14-7-9-15(21)10-8-14/h7-10,13,16H,2-6,11-12H2,1H3. The number of carbonyl (C=O) groups is 1. The van der Waals surface area contributed by atoms with Gasteiger partial charge in [-0.3, -0.25) is 14.2 Å². The molecular weight excluding hydrogens is 392 g/mol. The number of benzene rings is 1. The molecule has 152 valence electrons. The first-order chi connectivity index (χ1) is 14.0. The Hall–Kier alpha value is -2.74. The fourth-order valence-corrected chi connectivity index (χ4v) is 3.92. The molecule has 0 bridgehead atoms. The first-order valence-corrected chi connectivity index (χ1v) is 10.2. The summed E-state index contributed by atoms with van der Waals surface area (Å²) in [5.74, 6) is -0.0892. The molecule has 2 heterocycles. The molecule has 1 aliphatic rings. The number of aromatic nitrogens is 5. The summed E-state index contributed by atoms with van der Waals surface area (Å²) < 4.78 is 2.88. The van der Waals surface area contributed by atoms with E-state index in [-0.39, 0.29) is 29.6 Å². The highest BCUT2D eigenvalue weighted by Gasteiger charge is 2.23. The van der Waals surface area contributed by atoms with E-state index in [9.17, 15) is 9.59 Å². The van der Waals surface area contributed by atoms with E-state index in [4.69, 9.17) is 11.6 Å². The summed E-state index contributed by atoms with van der Waals surface area (Å²) >= 11 is 5.92. The van der Waals surface area contributed by atoms with Crippen LogP contribution >= 0.6 is 11.6 Å². The molecule has 1 fully saturated rings. The maximum Gasteiger partial charge on any atom is 0.283 e. The van der Waals surface area contributed by atoms with Crippen LogP contribution in [0.1, 0.15) is 37.7 Å². The fourth-order valence-electron chi connectivity index (χ4n) is 3.80. The number of amides is 1. The summed E-state index contributed by atoms with van der Waals surface area (Å²) in [5.41, 5.74) is 1.17. The van der Waals surface area contributed by atoms with Gasteiger partial charge in [0.1, 0.15) is 12.9 Å². The van der Waals surface area contributed by atoms with Gasteiger partial charge in [0.05, 0.1) is 6.54 Å². The predicted molar refractivity (Wildman–Crippen MR) is 110 cm³/mol. The van der Waals surface area contributed by atoms with E-state index in [0.29, 0.717) is 17.2 Å². The van der Waals surface area contributed by atoms with Gasteiger partial charge in [0.2, 0.25) is 5.91 Å². The van der Waals surface area contributed by atoms with Gasteiger partial charge in [0.25, 0.3) is 5.56 Å². The van der Waals surface area contributed by atoms with Gasteiger partial charge in [-0.25, -0.2) is 9.67 Å². The quantitative estimate of drug-likeness (QED) is 0.640. The maximum atomic E-state index is 12.8.